The summed E-state index contributed by atoms with van der Waals surface area (Å²) in [4.78, 5) is 25.9. The molecule has 0 radical (unpaired) electrons. The maximum Gasteiger partial charge on any atom is 0.265 e. The molecule has 0 aliphatic carbocycles. The van der Waals surface area contributed by atoms with Crippen LogP contribution in [0.4, 0.5) is 11.4 Å². The first-order valence-electron chi connectivity index (χ1n) is 7.23. The number of anilines is 2. The van der Waals surface area contributed by atoms with Crippen LogP contribution in [-0.2, 0) is 9.59 Å². The minimum Gasteiger partial charge on any atom is -0.482 e. The topological polar surface area (TPSA) is 58.6 Å². The van der Waals surface area contributed by atoms with Crippen molar-refractivity contribution in [1.29, 1.82) is 0 Å². The molecule has 2 amide bonds. The van der Waals surface area contributed by atoms with Gasteiger partial charge in [0.15, 0.2) is 6.61 Å². The van der Waals surface area contributed by atoms with Gasteiger partial charge >= 0.3 is 0 Å². The number of carbonyl (C=O) groups excluding carboxylic acids is 2. The highest BCUT2D eigenvalue weighted by Crippen LogP contribution is 2.34. The molecule has 7 heteroatoms. The van der Waals surface area contributed by atoms with Crippen molar-refractivity contribution in [3.8, 4) is 5.75 Å². The lowest BCUT2D eigenvalue weighted by Crippen LogP contribution is -2.43. The van der Waals surface area contributed by atoms with Gasteiger partial charge in [-0.15, -0.1) is 0 Å². The summed E-state index contributed by atoms with van der Waals surface area (Å²) < 4.78 is 6.30. The number of aryl methyl sites for hydroxylation is 1. The van der Waals surface area contributed by atoms with E-state index in [2.05, 4.69) is 21.2 Å². The Morgan fingerprint density at radius 2 is 2.12 bits per heavy atom. The van der Waals surface area contributed by atoms with E-state index in [1.807, 2.05) is 25.1 Å². The fraction of sp³-hybridized carbons (Fsp3) is 0.176. The van der Waals surface area contributed by atoms with Gasteiger partial charge in [0, 0.05) is 15.2 Å². The van der Waals surface area contributed by atoms with E-state index in [9.17, 15) is 9.59 Å². The molecule has 124 valence electrons. The second kappa shape index (κ2) is 6.83. The van der Waals surface area contributed by atoms with Gasteiger partial charge < -0.3 is 10.1 Å². The van der Waals surface area contributed by atoms with Crippen LogP contribution in [0.1, 0.15) is 5.56 Å². The van der Waals surface area contributed by atoms with Crippen LogP contribution in [0.2, 0.25) is 5.02 Å². The number of ether oxygens (including phenoxy) is 1. The number of benzene rings is 2. The minimum atomic E-state index is -0.290. The molecule has 2 aromatic carbocycles. The summed E-state index contributed by atoms with van der Waals surface area (Å²) in [5.41, 5.74) is 2.13. The van der Waals surface area contributed by atoms with Gasteiger partial charge in [0.1, 0.15) is 12.3 Å². The molecule has 3 rings (SSSR count). The molecule has 24 heavy (non-hydrogen) atoms. The summed E-state index contributed by atoms with van der Waals surface area (Å²) in [6.45, 7) is 1.69. The van der Waals surface area contributed by atoms with E-state index in [0.29, 0.717) is 22.1 Å². The molecule has 1 heterocycles. The zero-order valence-electron chi connectivity index (χ0n) is 12.8. The van der Waals surface area contributed by atoms with Crippen molar-refractivity contribution in [3.05, 3.63) is 51.5 Å². The van der Waals surface area contributed by atoms with Crippen molar-refractivity contribution in [2.24, 2.45) is 0 Å². The summed E-state index contributed by atoms with van der Waals surface area (Å²) in [5.74, 6) is -0.0411. The Morgan fingerprint density at radius 1 is 1.33 bits per heavy atom. The van der Waals surface area contributed by atoms with E-state index in [1.54, 1.807) is 18.2 Å². The summed E-state index contributed by atoms with van der Waals surface area (Å²) >= 11 is 9.38. The third-order valence-electron chi connectivity index (χ3n) is 3.63. The predicted molar refractivity (Wildman–Crippen MR) is 96.8 cm³/mol. The first-order valence-corrected chi connectivity index (χ1v) is 8.40. The Bertz CT molecular complexity index is 825. The number of halogens is 2. The number of fused-ring (bicyclic) bond motifs is 1. The SMILES string of the molecule is Cc1cc(Br)ccc1NC(=O)CN1C(=O)COc2ccc(Cl)cc21. The summed E-state index contributed by atoms with van der Waals surface area (Å²) in [6.07, 6.45) is 0. The van der Waals surface area contributed by atoms with E-state index in [4.69, 9.17) is 16.3 Å². The molecule has 5 nitrogen and oxygen atoms in total. The molecular weight excluding hydrogens is 396 g/mol. The average molecular weight is 410 g/mol. The highest BCUT2D eigenvalue weighted by Gasteiger charge is 2.27. The molecule has 1 aliphatic heterocycles. The number of nitrogens with zero attached hydrogens (tertiary/aromatic N) is 1. The van der Waals surface area contributed by atoms with Crippen molar-refractivity contribution < 1.29 is 14.3 Å². The smallest absolute Gasteiger partial charge is 0.265 e. The second-order valence-electron chi connectivity index (χ2n) is 5.39. The Kier molecular flexibility index (Phi) is 4.78. The molecule has 0 aromatic heterocycles. The van der Waals surface area contributed by atoms with Crippen molar-refractivity contribution in [2.75, 3.05) is 23.4 Å². The van der Waals surface area contributed by atoms with Gasteiger partial charge in [0.2, 0.25) is 5.91 Å². The Morgan fingerprint density at radius 3 is 2.88 bits per heavy atom. The highest BCUT2D eigenvalue weighted by atomic mass is 79.9. The molecule has 0 saturated heterocycles. The largest absolute Gasteiger partial charge is 0.482 e. The van der Waals surface area contributed by atoms with Gasteiger partial charge in [-0.1, -0.05) is 27.5 Å². The first kappa shape index (κ1) is 16.8. The van der Waals surface area contributed by atoms with E-state index in [0.717, 1.165) is 10.0 Å². The summed E-state index contributed by atoms with van der Waals surface area (Å²) in [5, 5.41) is 3.30. The Balaban J connectivity index is 1.79. The molecule has 0 spiro atoms. The van der Waals surface area contributed by atoms with Gasteiger partial charge in [-0.25, -0.2) is 0 Å². The van der Waals surface area contributed by atoms with E-state index in [1.165, 1.54) is 4.90 Å². The van der Waals surface area contributed by atoms with Crippen molar-refractivity contribution in [3.63, 3.8) is 0 Å². The van der Waals surface area contributed by atoms with E-state index >= 15 is 0 Å². The van der Waals surface area contributed by atoms with Crippen LogP contribution in [0.3, 0.4) is 0 Å². The first-order chi connectivity index (χ1) is 11.4. The number of hydrogen-bond acceptors (Lipinski definition) is 3. The van der Waals surface area contributed by atoms with Crippen LogP contribution in [0.25, 0.3) is 0 Å². The van der Waals surface area contributed by atoms with Crippen LogP contribution in [-0.4, -0.2) is 25.0 Å². The molecule has 1 N–H and O–H groups in total. The molecule has 0 atom stereocenters. The van der Waals surface area contributed by atoms with Gasteiger partial charge in [-0.05, 0) is 48.9 Å². The quantitative estimate of drug-likeness (QED) is 0.839. The normalized spacial score (nSPS) is 13.3. The molecule has 0 saturated carbocycles. The van der Waals surface area contributed by atoms with Crippen LogP contribution in [0.5, 0.6) is 5.75 Å². The molecule has 2 aromatic rings. The van der Waals surface area contributed by atoms with Gasteiger partial charge in [0.25, 0.3) is 5.91 Å². The van der Waals surface area contributed by atoms with Gasteiger partial charge in [0.05, 0.1) is 5.69 Å². The minimum absolute atomic E-state index is 0.0980. The lowest BCUT2D eigenvalue weighted by molar-refractivity contribution is -0.123. The Labute approximate surface area is 152 Å². The van der Waals surface area contributed by atoms with Crippen LogP contribution in [0.15, 0.2) is 40.9 Å². The zero-order chi connectivity index (χ0) is 17.3. The Hall–Kier alpha value is -2.05. The van der Waals surface area contributed by atoms with E-state index < -0.39 is 0 Å². The van der Waals surface area contributed by atoms with Crippen molar-refractivity contribution >= 4 is 50.7 Å². The molecular formula is C17H14BrClN2O3. The maximum atomic E-state index is 12.4. The van der Waals surface area contributed by atoms with Gasteiger partial charge in [-0.2, -0.15) is 0 Å². The second-order valence-corrected chi connectivity index (χ2v) is 6.74. The van der Waals surface area contributed by atoms with Crippen molar-refractivity contribution in [1.82, 2.24) is 0 Å². The fourth-order valence-electron chi connectivity index (χ4n) is 2.45. The molecule has 0 unspecified atom stereocenters. The standard InChI is InChI=1S/C17H14BrClN2O3/c1-10-6-11(18)2-4-13(10)20-16(22)8-21-14-7-12(19)3-5-15(14)24-9-17(21)23/h2-7H,8-9H2,1H3,(H,20,22). The summed E-state index contributed by atoms with van der Waals surface area (Å²) in [7, 11) is 0. The van der Waals surface area contributed by atoms with Crippen LogP contribution in [0, 0.1) is 6.92 Å². The molecule has 1 aliphatic rings. The third-order valence-corrected chi connectivity index (χ3v) is 4.36. The number of nitrogens with one attached hydrogen (secondary N) is 1. The lowest BCUT2D eigenvalue weighted by atomic mass is 10.2. The van der Waals surface area contributed by atoms with Gasteiger partial charge in [-0.3, -0.25) is 14.5 Å². The number of carbonyl (C=O) groups is 2. The average Bonchev–Trinajstić information content (AvgIpc) is 2.53. The molecule has 0 bridgehead atoms. The van der Waals surface area contributed by atoms with Crippen LogP contribution >= 0.6 is 27.5 Å². The van der Waals surface area contributed by atoms with Crippen molar-refractivity contribution in [2.45, 2.75) is 6.92 Å². The molecule has 0 fully saturated rings. The number of amides is 2. The monoisotopic (exact) mass is 408 g/mol. The fourth-order valence-corrected chi connectivity index (χ4v) is 3.09. The van der Waals surface area contributed by atoms with E-state index in [-0.39, 0.29) is 25.0 Å². The predicted octanol–water partition coefficient (Wildman–Crippen LogP) is 3.78. The lowest BCUT2D eigenvalue weighted by Gasteiger charge is -2.29. The van der Waals surface area contributed by atoms with Crippen LogP contribution < -0.4 is 15.0 Å². The maximum absolute atomic E-state index is 12.4. The highest BCUT2D eigenvalue weighted by molar-refractivity contribution is 9.10. The number of hydrogen-bond donors (Lipinski definition) is 1. The summed E-state index contributed by atoms with van der Waals surface area (Å²) in [6, 6.07) is 10.5. The zero-order valence-corrected chi connectivity index (χ0v) is 15.1. The number of rotatable bonds is 3. The third kappa shape index (κ3) is 3.55.